The van der Waals surface area contributed by atoms with Gasteiger partial charge in [0.25, 0.3) is 0 Å². The third kappa shape index (κ3) is 2.90. The highest BCUT2D eigenvalue weighted by molar-refractivity contribution is 7.89. The van der Waals surface area contributed by atoms with Crippen LogP contribution in [0, 0.1) is 6.92 Å². The molecule has 2 fully saturated rings. The van der Waals surface area contributed by atoms with Crippen molar-refractivity contribution in [3.63, 3.8) is 0 Å². The van der Waals surface area contributed by atoms with Crippen LogP contribution in [0.1, 0.15) is 36.8 Å². The van der Waals surface area contributed by atoms with Crippen LogP contribution in [0.3, 0.4) is 0 Å². The van der Waals surface area contributed by atoms with Gasteiger partial charge in [0.15, 0.2) is 0 Å². The van der Waals surface area contributed by atoms with E-state index in [2.05, 4.69) is 5.32 Å². The van der Waals surface area contributed by atoms with Crippen molar-refractivity contribution in [3.05, 3.63) is 29.3 Å². The van der Waals surface area contributed by atoms with Crippen molar-refractivity contribution in [1.29, 1.82) is 0 Å². The fourth-order valence-corrected chi connectivity index (χ4v) is 4.19. The molecule has 1 aromatic rings. The van der Waals surface area contributed by atoms with Crippen molar-refractivity contribution in [2.75, 3.05) is 13.1 Å². The zero-order chi connectivity index (χ0) is 14.2. The van der Waals surface area contributed by atoms with E-state index < -0.39 is 10.0 Å². The van der Waals surface area contributed by atoms with E-state index >= 15 is 0 Å². The molecule has 1 aromatic carbocycles. The van der Waals surface area contributed by atoms with E-state index in [0.717, 1.165) is 30.5 Å². The Morgan fingerprint density at radius 2 is 1.95 bits per heavy atom. The highest BCUT2D eigenvalue weighted by Gasteiger charge is 2.27. The monoisotopic (exact) mass is 294 g/mol. The highest BCUT2D eigenvalue weighted by Crippen LogP contribution is 2.24. The van der Waals surface area contributed by atoms with Gasteiger partial charge in [-0.05, 0) is 55.9 Å². The second-order valence-electron chi connectivity index (χ2n) is 5.85. The molecule has 1 heterocycles. The van der Waals surface area contributed by atoms with Gasteiger partial charge >= 0.3 is 0 Å². The van der Waals surface area contributed by atoms with E-state index in [1.165, 1.54) is 12.8 Å². The number of aryl methyl sites for hydroxylation is 1. The summed E-state index contributed by atoms with van der Waals surface area (Å²) in [5.41, 5.74) is 2.25. The summed E-state index contributed by atoms with van der Waals surface area (Å²) in [6.45, 7) is 4.12. The van der Waals surface area contributed by atoms with Crippen molar-refractivity contribution in [2.45, 2.75) is 50.1 Å². The molecule has 0 spiro atoms. The maximum Gasteiger partial charge on any atom is 0.243 e. The molecular weight excluding hydrogens is 272 g/mol. The van der Waals surface area contributed by atoms with Crippen LogP contribution in [0.4, 0.5) is 0 Å². The van der Waals surface area contributed by atoms with Gasteiger partial charge in [0.2, 0.25) is 10.0 Å². The molecule has 0 aromatic heterocycles. The first kappa shape index (κ1) is 14.0. The Labute approximate surface area is 121 Å². The van der Waals surface area contributed by atoms with Crippen LogP contribution >= 0.6 is 0 Å². The normalized spacial score (nSPS) is 20.4. The van der Waals surface area contributed by atoms with Crippen LogP contribution in [0.5, 0.6) is 0 Å². The third-order valence-corrected chi connectivity index (χ3v) is 6.08. The zero-order valence-electron chi connectivity index (χ0n) is 11.9. The summed E-state index contributed by atoms with van der Waals surface area (Å²) < 4.78 is 26.7. The Bertz CT molecular complexity index is 588. The molecule has 0 bridgehead atoms. The molecule has 3 rings (SSSR count). The first-order valence-electron chi connectivity index (χ1n) is 7.40. The van der Waals surface area contributed by atoms with Crippen molar-refractivity contribution < 1.29 is 8.42 Å². The molecule has 1 N–H and O–H groups in total. The third-order valence-electron chi connectivity index (χ3n) is 4.18. The van der Waals surface area contributed by atoms with E-state index in [1.54, 1.807) is 10.4 Å². The largest absolute Gasteiger partial charge is 0.310 e. The molecule has 2 aliphatic rings. The average Bonchev–Trinajstić information content (AvgIpc) is 3.08. The predicted octanol–water partition coefficient (Wildman–Crippen LogP) is 2.03. The number of benzene rings is 1. The molecule has 1 saturated carbocycles. The lowest BCUT2D eigenvalue weighted by Gasteiger charge is -2.17. The second-order valence-corrected chi connectivity index (χ2v) is 7.79. The van der Waals surface area contributed by atoms with Crippen LogP contribution in [-0.2, 0) is 16.6 Å². The molecule has 0 radical (unpaired) electrons. The molecule has 1 saturated heterocycles. The summed E-state index contributed by atoms with van der Waals surface area (Å²) in [5.74, 6) is 0. The summed E-state index contributed by atoms with van der Waals surface area (Å²) in [5, 5.41) is 3.45. The fourth-order valence-electron chi connectivity index (χ4n) is 2.62. The van der Waals surface area contributed by atoms with Crippen molar-refractivity contribution in [2.24, 2.45) is 0 Å². The number of hydrogen-bond donors (Lipinski definition) is 1. The number of sulfonamides is 1. The lowest BCUT2D eigenvalue weighted by Crippen LogP contribution is -2.28. The topological polar surface area (TPSA) is 49.4 Å². The van der Waals surface area contributed by atoms with Gasteiger partial charge in [-0.1, -0.05) is 6.07 Å². The second kappa shape index (κ2) is 5.47. The van der Waals surface area contributed by atoms with E-state index in [1.807, 2.05) is 19.1 Å². The molecular formula is C15H22N2O2S. The lowest BCUT2D eigenvalue weighted by molar-refractivity contribution is 0.477. The van der Waals surface area contributed by atoms with Crippen molar-refractivity contribution >= 4 is 10.0 Å². The summed E-state index contributed by atoms with van der Waals surface area (Å²) in [7, 11) is -3.30. The summed E-state index contributed by atoms with van der Waals surface area (Å²) >= 11 is 0. The van der Waals surface area contributed by atoms with Gasteiger partial charge in [0.05, 0.1) is 4.90 Å². The quantitative estimate of drug-likeness (QED) is 0.904. The molecule has 4 nitrogen and oxygen atoms in total. The van der Waals surface area contributed by atoms with E-state index in [0.29, 0.717) is 24.0 Å². The highest BCUT2D eigenvalue weighted by atomic mass is 32.2. The standard InChI is InChI=1S/C15H22N2O2S/c1-12-4-7-15(10-13(12)11-16-14-5-6-14)20(18,19)17-8-2-3-9-17/h4,7,10,14,16H,2-3,5-6,8-9,11H2,1H3. The number of rotatable bonds is 5. The Balaban J connectivity index is 1.83. The minimum absolute atomic E-state index is 0.442. The molecule has 0 atom stereocenters. The maximum absolute atomic E-state index is 12.6. The van der Waals surface area contributed by atoms with Crippen LogP contribution in [0.25, 0.3) is 0 Å². The van der Waals surface area contributed by atoms with Gasteiger partial charge in [-0.15, -0.1) is 0 Å². The Hall–Kier alpha value is -0.910. The van der Waals surface area contributed by atoms with Crippen LogP contribution in [-0.4, -0.2) is 31.9 Å². The van der Waals surface area contributed by atoms with Gasteiger partial charge in [-0.2, -0.15) is 4.31 Å². The summed E-state index contributed by atoms with van der Waals surface area (Å²) in [6, 6.07) is 6.14. The Morgan fingerprint density at radius 1 is 1.25 bits per heavy atom. The Kier molecular flexibility index (Phi) is 3.84. The Morgan fingerprint density at radius 3 is 2.60 bits per heavy atom. The van der Waals surface area contributed by atoms with Crippen LogP contribution in [0.15, 0.2) is 23.1 Å². The summed E-state index contributed by atoms with van der Waals surface area (Å²) in [4.78, 5) is 0.442. The van der Waals surface area contributed by atoms with Gasteiger partial charge < -0.3 is 5.32 Å². The maximum atomic E-state index is 12.6. The van der Waals surface area contributed by atoms with E-state index in [4.69, 9.17) is 0 Å². The summed E-state index contributed by atoms with van der Waals surface area (Å²) in [6.07, 6.45) is 4.43. The molecule has 0 amide bonds. The average molecular weight is 294 g/mol. The molecule has 1 aliphatic carbocycles. The van der Waals surface area contributed by atoms with Gasteiger partial charge in [-0.25, -0.2) is 8.42 Å². The van der Waals surface area contributed by atoms with Gasteiger partial charge in [0.1, 0.15) is 0 Å². The number of nitrogens with zero attached hydrogens (tertiary/aromatic N) is 1. The SMILES string of the molecule is Cc1ccc(S(=O)(=O)N2CCCC2)cc1CNC1CC1. The molecule has 20 heavy (non-hydrogen) atoms. The molecule has 110 valence electrons. The minimum atomic E-state index is -3.30. The first-order valence-corrected chi connectivity index (χ1v) is 8.84. The molecule has 0 unspecified atom stereocenters. The number of hydrogen-bond acceptors (Lipinski definition) is 3. The zero-order valence-corrected chi connectivity index (χ0v) is 12.7. The van der Waals surface area contributed by atoms with Crippen LogP contribution in [0.2, 0.25) is 0 Å². The fraction of sp³-hybridized carbons (Fsp3) is 0.600. The van der Waals surface area contributed by atoms with Gasteiger partial charge in [-0.3, -0.25) is 0 Å². The smallest absolute Gasteiger partial charge is 0.243 e. The van der Waals surface area contributed by atoms with Crippen LogP contribution < -0.4 is 5.32 Å². The molecule has 5 heteroatoms. The lowest BCUT2D eigenvalue weighted by atomic mass is 10.1. The van der Waals surface area contributed by atoms with E-state index in [-0.39, 0.29) is 0 Å². The molecule has 1 aliphatic heterocycles. The minimum Gasteiger partial charge on any atom is -0.310 e. The van der Waals surface area contributed by atoms with Gasteiger partial charge in [0, 0.05) is 25.7 Å². The number of nitrogens with one attached hydrogen (secondary N) is 1. The van der Waals surface area contributed by atoms with Crippen molar-refractivity contribution in [3.8, 4) is 0 Å². The predicted molar refractivity (Wildman–Crippen MR) is 79.0 cm³/mol. The first-order chi connectivity index (χ1) is 9.57. The van der Waals surface area contributed by atoms with E-state index in [9.17, 15) is 8.42 Å². The van der Waals surface area contributed by atoms with Crippen molar-refractivity contribution in [1.82, 2.24) is 9.62 Å².